The summed E-state index contributed by atoms with van der Waals surface area (Å²) >= 11 is 0. The second-order valence-electron chi connectivity index (χ2n) is 6.95. The van der Waals surface area contributed by atoms with Crippen molar-refractivity contribution in [3.8, 4) is 0 Å². The molecule has 0 unspecified atom stereocenters. The van der Waals surface area contributed by atoms with Crippen molar-refractivity contribution >= 4 is 0 Å². The van der Waals surface area contributed by atoms with Crippen molar-refractivity contribution in [3.63, 3.8) is 0 Å². The van der Waals surface area contributed by atoms with Crippen LogP contribution in [0.4, 0.5) is 0 Å². The minimum atomic E-state index is -0.420. The van der Waals surface area contributed by atoms with Gasteiger partial charge in [0.15, 0.2) is 0 Å². The molecule has 0 radical (unpaired) electrons. The van der Waals surface area contributed by atoms with Crippen molar-refractivity contribution < 1.29 is 5.11 Å². The molecule has 6 heteroatoms. The summed E-state index contributed by atoms with van der Waals surface area (Å²) in [6, 6.07) is 10.4. The van der Waals surface area contributed by atoms with Gasteiger partial charge in [-0.05, 0) is 39.4 Å². The molecule has 2 heterocycles. The molecule has 0 bridgehead atoms. The summed E-state index contributed by atoms with van der Waals surface area (Å²) in [7, 11) is 2.16. The SMILES string of the molecule is CCn1c(C)nnc1CN(C)[C@@H]1CCN(C[C@H](O)c2ccccc2)C1. The molecule has 1 aliphatic rings. The van der Waals surface area contributed by atoms with Crippen LogP contribution in [0.3, 0.4) is 0 Å². The Balaban J connectivity index is 1.53. The minimum Gasteiger partial charge on any atom is -0.387 e. The Morgan fingerprint density at radius 2 is 2.04 bits per heavy atom. The number of aliphatic hydroxyl groups is 1. The lowest BCUT2D eigenvalue weighted by molar-refractivity contribution is 0.120. The second kappa shape index (κ2) is 8.08. The molecule has 1 aromatic carbocycles. The Kier molecular flexibility index (Phi) is 5.83. The maximum Gasteiger partial charge on any atom is 0.147 e. The molecule has 0 amide bonds. The standard InChI is InChI=1S/C19H29N5O/c1-4-24-15(2)20-21-19(24)14-22(3)17-10-11-23(12-17)13-18(25)16-8-6-5-7-9-16/h5-9,17-18,25H,4,10-14H2,1-3H3/t17-,18+/m1/s1. The molecule has 0 aliphatic carbocycles. The Labute approximate surface area is 150 Å². The third kappa shape index (κ3) is 4.26. The van der Waals surface area contributed by atoms with Gasteiger partial charge in [-0.1, -0.05) is 30.3 Å². The van der Waals surface area contributed by atoms with Crippen LogP contribution in [0.2, 0.25) is 0 Å². The highest BCUT2D eigenvalue weighted by molar-refractivity contribution is 5.17. The van der Waals surface area contributed by atoms with Gasteiger partial charge in [-0.2, -0.15) is 0 Å². The van der Waals surface area contributed by atoms with E-state index in [1.54, 1.807) is 0 Å². The van der Waals surface area contributed by atoms with Crippen molar-refractivity contribution in [1.29, 1.82) is 0 Å². The fourth-order valence-corrected chi connectivity index (χ4v) is 3.67. The molecule has 2 atom stereocenters. The first-order valence-corrected chi connectivity index (χ1v) is 9.12. The third-order valence-corrected chi connectivity index (χ3v) is 5.21. The van der Waals surface area contributed by atoms with Gasteiger partial charge < -0.3 is 9.67 Å². The smallest absolute Gasteiger partial charge is 0.147 e. The summed E-state index contributed by atoms with van der Waals surface area (Å²) in [4.78, 5) is 4.72. The van der Waals surface area contributed by atoms with E-state index < -0.39 is 6.10 Å². The molecule has 1 fully saturated rings. The van der Waals surface area contributed by atoms with E-state index in [1.165, 1.54) is 0 Å². The van der Waals surface area contributed by atoms with E-state index in [0.717, 1.165) is 49.8 Å². The molecule has 0 spiro atoms. The molecule has 1 N–H and O–H groups in total. The molecule has 25 heavy (non-hydrogen) atoms. The molecule has 136 valence electrons. The highest BCUT2D eigenvalue weighted by Crippen LogP contribution is 2.20. The average molecular weight is 343 g/mol. The Bertz CT molecular complexity index is 672. The zero-order valence-electron chi connectivity index (χ0n) is 15.5. The quantitative estimate of drug-likeness (QED) is 0.831. The van der Waals surface area contributed by atoms with Gasteiger partial charge >= 0.3 is 0 Å². The highest BCUT2D eigenvalue weighted by Gasteiger charge is 2.28. The van der Waals surface area contributed by atoms with Crippen LogP contribution in [0.5, 0.6) is 0 Å². The summed E-state index contributed by atoms with van der Waals surface area (Å²) in [6.07, 6.45) is 0.702. The number of β-amino-alcohol motifs (C(OH)–C–C–N with tert-alkyl or cyclic N) is 1. The van der Waals surface area contributed by atoms with Crippen LogP contribution in [0.25, 0.3) is 0 Å². The van der Waals surface area contributed by atoms with Crippen molar-refractivity contribution in [1.82, 2.24) is 24.6 Å². The summed E-state index contributed by atoms with van der Waals surface area (Å²) in [6.45, 7) is 8.55. The number of hydrogen-bond donors (Lipinski definition) is 1. The highest BCUT2D eigenvalue weighted by atomic mass is 16.3. The maximum absolute atomic E-state index is 10.4. The predicted molar refractivity (Wildman–Crippen MR) is 98.1 cm³/mol. The number of rotatable bonds is 7. The van der Waals surface area contributed by atoms with Gasteiger partial charge in [0.2, 0.25) is 0 Å². The second-order valence-corrected chi connectivity index (χ2v) is 6.95. The molecule has 1 saturated heterocycles. The molecule has 1 aromatic heterocycles. The van der Waals surface area contributed by atoms with Gasteiger partial charge in [0, 0.05) is 25.7 Å². The lowest BCUT2D eigenvalue weighted by atomic mass is 10.1. The first kappa shape index (κ1) is 18.0. The number of aliphatic hydroxyl groups excluding tert-OH is 1. The van der Waals surface area contributed by atoms with Crippen LogP contribution >= 0.6 is 0 Å². The topological polar surface area (TPSA) is 57.4 Å². The summed E-state index contributed by atoms with van der Waals surface area (Å²) in [5.74, 6) is 2.01. The van der Waals surface area contributed by atoms with Crippen molar-refractivity contribution in [3.05, 3.63) is 47.5 Å². The van der Waals surface area contributed by atoms with E-state index in [1.807, 2.05) is 37.3 Å². The number of hydrogen-bond acceptors (Lipinski definition) is 5. The number of benzene rings is 1. The van der Waals surface area contributed by atoms with Crippen LogP contribution in [0.1, 0.15) is 36.7 Å². The fourth-order valence-electron chi connectivity index (χ4n) is 3.67. The minimum absolute atomic E-state index is 0.420. The van der Waals surface area contributed by atoms with Gasteiger partial charge in [0.25, 0.3) is 0 Å². The van der Waals surface area contributed by atoms with Gasteiger partial charge in [0.1, 0.15) is 11.6 Å². The Morgan fingerprint density at radius 3 is 2.76 bits per heavy atom. The van der Waals surface area contributed by atoms with E-state index in [9.17, 15) is 5.11 Å². The van der Waals surface area contributed by atoms with Crippen LogP contribution in [-0.4, -0.2) is 62.4 Å². The van der Waals surface area contributed by atoms with Crippen LogP contribution < -0.4 is 0 Å². The molecule has 6 nitrogen and oxygen atoms in total. The van der Waals surface area contributed by atoms with Crippen LogP contribution in [-0.2, 0) is 13.1 Å². The number of aryl methyl sites for hydroxylation is 1. The summed E-state index contributed by atoms with van der Waals surface area (Å²) in [5.41, 5.74) is 0.992. The van der Waals surface area contributed by atoms with Crippen molar-refractivity contribution in [2.24, 2.45) is 0 Å². The number of likely N-dealkylation sites (tertiary alicyclic amines) is 1. The number of nitrogens with zero attached hydrogens (tertiary/aromatic N) is 5. The van der Waals surface area contributed by atoms with Crippen LogP contribution in [0.15, 0.2) is 30.3 Å². The molecule has 0 saturated carbocycles. The molecule has 2 aromatic rings. The Hall–Kier alpha value is -1.76. The van der Waals surface area contributed by atoms with Crippen molar-refractivity contribution in [2.75, 3.05) is 26.7 Å². The number of aromatic nitrogens is 3. The summed E-state index contributed by atoms with van der Waals surface area (Å²) in [5, 5.41) is 19.0. The molecule has 1 aliphatic heterocycles. The van der Waals surface area contributed by atoms with Gasteiger partial charge in [0.05, 0.1) is 12.6 Å². The lowest BCUT2D eigenvalue weighted by Crippen LogP contribution is -2.36. The maximum atomic E-state index is 10.4. The normalized spacial score (nSPS) is 19.6. The summed E-state index contributed by atoms with van der Waals surface area (Å²) < 4.78 is 2.17. The molecular formula is C19H29N5O. The average Bonchev–Trinajstić information content (AvgIpc) is 3.22. The van der Waals surface area contributed by atoms with E-state index in [2.05, 4.69) is 38.5 Å². The van der Waals surface area contributed by atoms with E-state index in [0.29, 0.717) is 12.6 Å². The molecule has 3 rings (SSSR count). The largest absolute Gasteiger partial charge is 0.387 e. The first-order valence-electron chi connectivity index (χ1n) is 9.12. The van der Waals surface area contributed by atoms with Crippen molar-refractivity contribution in [2.45, 2.75) is 45.5 Å². The van der Waals surface area contributed by atoms with E-state index >= 15 is 0 Å². The van der Waals surface area contributed by atoms with E-state index in [-0.39, 0.29) is 0 Å². The zero-order chi connectivity index (χ0) is 17.8. The van der Waals surface area contributed by atoms with Gasteiger partial charge in [-0.3, -0.25) is 9.80 Å². The number of likely N-dealkylation sites (N-methyl/N-ethyl adjacent to an activating group) is 1. The lowest BCUT2D eigenvalue weighted by Gasteiger charge is -2.25. The first-order chi connectivity index (χ1) is 12.1. The fraction of sp³-hybridized carbons (Fsp3) is 0.579. The molecular weight excluding hydrogens is 314 g/mol. The van der Waals surface area contributed by atoms with Gasteiger partial charge in [-0.25, -0.2) is 0 Å². The van der Waals surface area contributed by atoms with Crippen LogP contribution in [0, 0.1) is 6.92 Å². The predicted octanol–water partition coefficient (Wildman–Crippen LogP) is 1.85. The Morgan fingerprint density at radius 1 is 1.28 bits per heavy atom. The zero-order valence-corrected chi connectivity index (χ0v) is 15.5. The van der Waals surface area contributed by atoms with Gasteiger partial charge in [-0.15, -0.1) is 10.2 Å². The third-order valence-electron chi connectivity index (χ3n) is 5.21. The van der Waals surface area contributed by atoms with E-state index in [4.69, 9.17) is 0 Å². The monoisotopic (exact) mass is 343 g/mol.